The fourth-order valence-electron chi connectivity index (χ4n) is 5.72. The van der Waals surface area contributed by atoms with Crippen LogP contribution in [0, 0.1) is 13.8 Å². The molecule has 8 nitrogen and oxygen atoms in total. The quantitative estimate of drug-likeness (QED) is 0.773. The molecular weight excluding hydrogens is 392 g/mol. The van der Waals surface area contributed by atoms with Gasteiger partial charge in [-0.2, -0.15) is 0 Å². The minimum absolute atomic E-state index is 0.0803. The molecule has 4 heterocycles. The van der Waals surface area contributed by atoms with Crippen molar-refractivity contribution in [3.8, 4) is 0 Å². The van der Waals surface area contributed by atoms with E-state index in [9.17, 15) is 9.90 Å². The standard InChI is InChI=1S/C23H32N6O2/c1-15-24-17(12-20(31)25-15)13-28-10-7-23(8-11-28)6-5-19-21(23)26-16(2)27-22(19)29-9-3-4-18(30)14-29/h12,18,30H,3-11,13-14H2,1-2H3,(H,24,25,31). The van der Waals surface area contributed by atoms with Gasteiger partial charge in [0.2, 0.25) is 0 Å². The first-order valence-electron chi connectivity index (χ1n) is 11.5. The average molecular weight is 425 g/mol. The van der Waals surface area contributed by atoms with Crippen molar-refractivity contribution in [2.45, 2.75) is 70.4 Å². The number of H-pyrrole nitrogens is 1. The van der Waals surface area contributed by atoms with E-state index in [0.29, 0.717) is 18.9 Å². The normalized spacial score (nSPS) is 23.3. The van der Waals surface area contributed by atoms with E-state index in [1.165, 1.54) is 11.3 Å². The molecule has 2 aromatic heterocycles. The lowest BCUT2D eigenvalue weighted by molar-refractivity contribution is 0.148. The molecule has 166 valence electrons. The third kappa shape index (κ3) is 3.99. The Morgan fingerprint density at radius 3 is 2.71 bits per heavy atom. The molecule has 2 N–H and O–H groups in total. The van der Waals surface area contributed by atoms with Crippen LogP contribution < -0.4 is 10.5 Å². The zero-order valence-corrected chi connectivity index (χ0v) is 18.5. The SMILES string of the molecule is Cc1nc(N2CCCC(O)C2)c2c(n1)C1(CC2)CCN(Cc2cc(=O)[nH]c(C)n2)CC1. The fourth-order valence-corrected chi connectivity index (χ4v) is 5.72. The lowest BCUT2D eigenvalue weighted by Gasteiger charge is -2.39. The highest BCUT2D eigenvalue weighted by atomic mass is 16.3. The van der Waals surface area contributed by atoms with Crippen molar-refractivity contribution in [1.82, 2.24) is 24.8 Å². The number of hydrogen-bond donors (Lipinski definition) is 2. The summed E-state index contributed by atoms with van der Waals surface area (Å²) in [6, 6.07) is 1.61. The summed E-state index contributed by atoms with van der Waals surface area (Å²) >= 11 is 0. The molecule has 0 radical (unpaired) electrons. The van der Waals surface area contributed by atoms with E-state index in [1.807, 2.05) is 13.8 Å². The van der Waals surface area contributed by atoms with Gasteiger partial charge in [-0.1, -0.05) is 0 Å². The van der Waals surface area contributed by atoms with Gasteiger partial charge in [0.15, 0.2) is 0 Å². The molecule has 0 amide bonds. The molecule has 0 bridgehead atoms. The van der Waals surface area contributed by atoms with Crippen molar-refractivity contribution < 1.29 is 5.11 Å². The number of nitrogens with one attached hydrogen (secondary N) is 1. The Balaban J connectivity index is 1.35. The van der Waals surface area contributed by atoms with E-state index in [2.05, 4.69) is 19.8 Å². The van der Waals surface area contributed by atoms with Gasteiger partial charge in [0.1, 0.15) is 17.5 Å². The minimum atomic E-state index is -0.263. The molecule has 2 aromatic rings. The van der Waals surface area contributed by atoms with Gasteiger partial charge in [-0.05, 0) is 65.5 Å². The number of aryl methyl sites for hydroxylation is 2. The number of β-amino-alcohol motifs (C(OH)–C–C–N with tert-alkyl or cyclic N) is 1. The summed E-state index contributed by atoms with van der Waals surface area (Å²) in [4.78, 5) is 33.4. The van der Waals surface area contributed by atoms with Crippen LogP contribution in [0.1, 0.15) is 60.7 Å². The first-order chi connectivity index (χ1) is 14.9. The van der Waals surface area contributed by atoms with Crippen LogP contribution in [0.3, 0.4) is 0 Å². The van der Waals surface area contributed by atoms with Crippen molar-refractivity contribution in [3.05, 3.63) is 45.0 Å². The zero-order valence-electron chi connectivity index (χ0n) is 18.5. The van der Waals surface area contributed by atoms with Gasteiger partial charge in [0.05, 0.1) is 17.5 Å². The van der Waals surface area contributed by atoms with Crippen LogP contribution in [-0.2, 0) is 18.4 Å². The van der Waals surface area contributed by atoms with Gasteiger partial charge in [0, 0.05) is 36.7 Å². The molecule has 1 unspecified atom stereocenters. The van der Waals surface area contributed by atoms with Crippen LogP contribution in [-0.4, -0.2) is 62.2 Å². The molecule has 5 rings (SSSR count). The van der Waals surface area contributed by atoms with E-state index in [4.69, 9.17) is 9.97 Å². The maximum absolute atomic E-state index is 11.8. The van der Waals surface area contributed by atoms with Crippen molar-refractivity contribution in [3.63, 3.8) is 0 Å². The highest BCUT2D eigenvalue weighted by Gasteiger charge is 2.44. The van der Waals surface area contributed by atoms with Crippen LogP contribution in [0.2, 0.25) is 0 Å². The first-order valence-corrected chi connectivity index (χ1v) is 11.5. The molecule has 1 spiro atoms. The average Bonchev–Trinajstić information content (AvgIpc) is 3.06. The predicted molar refractivity (Wildman–Crippen MR) is 118 cm³/mol. The predicted octanol–water partition coefficient (Wildman–Crippen LogP) is 1.62. The smallest absolute Gasteiger partial charge is 0.251 e. The summed E-state index contributed by atoms with van der Waals surface area (Å²) in [6.45, 7) is 8.13. The third-order valence-electron chi connectivity index (χ3n) is 7.26. The summed E-state index contributed by atoms with van der Waals surface area (Å²) in [5, 5.41) is 10.2. The lowest BCUT2D eigenvalue weighted by Crippen LogP contribution is -2.42. The Kier molecular flexibility index (Phi) is 5.30. The molecule has 1 aliphatic carbocycles. The molecule has 2 fully saturated rings. The lowest BCUT2D eigenvalue weighted by atomic mass is 9.76. The molecule has 0 aromatic carbocycles. The molecule has 2 saturated heterocycles. The highest BCUT2D eigenvalue weighted by Crippen LogP contribution is 2.47. The molecule has 1 atom stereocenters. The summed E-state index contributed by atoms with van der Waals surface area (Å²) in [7, 11) is 0. The maximum Gasteiger partial charge on any atom is 0.251 e. The molecule has 3 aliphatic rings. The fraction of sp³-hybridized carbons (Fsp3) is 0.652. The first kappa shape index (κ1) is 20.6. The second kappa shape index (κ2) is 7.98. The van der Waals surface area contributed by atoms with E-state index in [-0.39, 0.29) is 17.1 Å². The minimum Gasteiger partial charge on any atom is -0.391 e. The number of aliphatic hydroxyl groups is 1. The van der Waals surface area contributed by atoms with Crippen molar-refractivity contribution >= 4 is 5.82 Å². The van der Waals surface area contributed by atoms with Gasteiger partial charge < -0.3 is 15.0 Å². The Labute approximate surface area is 182 Å². The van der Waals surface area contributed by atoms with Crippen LogP contribution in [0.5, 0.6) is 0 Å². The molecule has 8 heteroatoms. The molecule has 31 heavy (non-hydrogen) atoms. The van der Waals surface area contributed by atoms with E-state index in [1.54, 1.807) is 6.07 Å². The maximum atomic E-state index is 11.8. The Hall–Kier alpha value is -2.32. The summed E-state index contributed by atoms with van der Waals surface area (Å²) in [5.74, 6) is 2.56. The van der Waals surface area contributed by atoms with E-state index < -0.39 is 0 Å². The van der Waals surface area contributed by atoms with Crippen molar-refractivity contribution in [2.24, 2.45) is 0 Å². The van der Waals surface area contributed by atoms with Crippen molar-refractivity contribution in [1.29, 1.82) is 0 Å². The number of hydrogen-bond acceptors (Lipinski definition) is 7. The molecule has 2 aliphatic heterocycles. The van der Waals surface area contributed by atoms with Gasteiger partial charge >= 0.3 is 0 Å². The number of rotatable bonds is 3. The number of aromatic amines is 1. The third-order valence-corrected chi connectivity index (χ3v) is 7.26. The Morgan fingerprint density at radius 2 is 1.97 bits per heavy atom. The van der Waals surface area contributed by atoms with Crippen LogP contribution in [0.4, 0.5) is 5.82 Å². The number of aliphatic hydroxyl groups excluding tert-OH is 1. The number of anilines is 1. The van der Waals surface area contributed by atoms with Crippen LogP contribution in [0.25, 0.3) is 0 Å². The second-order valence-corrected chi connectivity index (χ2v) is 9.54. The van der Waals surface area contributed by atoms with Gasteiger partial charge in [0.25, 0.3) is 5.56 Å². The molecular formula is C23H32N6O2. The van der Waals surface area contributed by atoms with Crippen LogP contribution in [0.15, 0.2) is 10.9 Å². The monoisotopic (exact) mass is 424 g/mol. The number of aromatic nitrogens is 4. The Bertz CT molecular complexity index is 1030. The van der Waals surface area contributed by atoms with Gasteiger partial charge in [-0.15, -0.1) is 0 Å². The van der Waals surface area contributed by atoms with E-state index in [0.717, 1.165) is 75.5 Å². The van der Waals surface area contributed by atoms with Gasteiger partial charge in [-0.25, -0.2) is 15.0 Å². The molecule has 0 saturated carbocycles. The number of piperidine rings is 2. The second-order valence-electron chi connectivity index (χ2n) is 9.54. The zero-order chi connectivity index (χ0) is 21.6. The number of fused-ring (bicyclic) bond motifs is 2. The van der Waals surface area contributed by atoms with Crippen molar-refractivity contribution in [2.75, 3.05) is 31.1 Å². The van der Waals surface area contributed by atoms with Gasteiger partial charge in [-0.3, -0.25) is 9.69 Å². The summed E-state index contributed by atoms with van der Waals surface area (Å²) in [5.41, 5.74) is 3.44. The number of nitrogens with zero attached hydrogens (tertiary/aromatic N) is 5. The highest BCUT2D eigenvalue weighted by molar-refractivity contribution is 5.54. The summed E-state index contributed by atoms with van der Waals surface area (Å²) in [6.07, 6.45) is 5.91. The number of likely N-dealkylation sites (tertiary alicyclic amines) is 1. The van der Waals surface area contributed by atoms with E-state index >= 15 is 0 Å². The topological polar surface area (TPSA) is 98.2 Å². The summed E-state index contributed by atoms with van der Waals surface area (Å²) < 4.78 is 0. The Morgan fingerprint density at radius 1 is 1.16 bits per heavy atom. The largest absolute Gasteiger partial charge is 0.391 e. The van der Waals surface area contributed by atoms with Crippen LogP contribution >= 0.6 is 0 Å².